The number of hydrogen-bond acceptors (Lipinski definition) is 3. The second-order valence-corrected chi connectivity index (χ2v) is 5.46. The van der Waals surface area contributed by atoms with Crippen LogP contribution in [-0.2, 0) is 4.74 Å². The van der Waals surface area contributed by atoms with Crippen LogP contribution >= 0.6 is 27.5 Å². The fourth-order valence-electron chi connectivity index (χ4n) is 1.87. The van der Waals surface area contributed by atoms with E-state index >= 15 is 0 Å². The zero-order valence-electron chi connectivity index (χ0n) is 9.67. The zero-order valence-corrected chi connectivity index (χ0v) is 12.0. The quantitative estimate of drug-likeness (QED) is 0.858. The van der Waals surface area contributed by atoms with Crippen molar-refractivity contribution in [3.8, 4) is 5.75 Å². The molecule has 1 aromatic rings. The van der Waals surface area contributed by atoms with Crippen LogP contribution in [0, 0.1) is 5.82 Å². The molecule has 1 saturated heterocycles. The van der Waals surface area contributed by atoms with E-state index in [-0.39, 0.29) is 12.2 Å². The van der Waals surface area contributed by atoms with Crippen molar-refractivity contribution in [2.75, 3.05) is 13.2 Å². The monoisotopic (exact) mass is 337 g/mol. The van der Waals surface area contributed by atoms with Crippen LogP contribution in [-0.4, -0.2) is 25.4 Å². The third kappa shape index (κ3) is 3.35. The maximum absolute atomic E-state index is 13.3. The molecule has 0 radical (unpaired) electrons. The average molecular weight is 339 g/mol. The van der Waals surface area contributed by atoms with Gasteiger partial charge in [-0.15, -0.1) is 0 Å². The number of benzene rings is 1. The van der Waals surface area contributed by atoms with Crippen LogP contribution in [0.2, 0.25) is 5.02 Å². The van der Waals surface area contributed by atoms with Gasteiger partial charge in [0.05, 0.1) is 21.7 Å². The smallest absolute Gasteiger partial charge is 0.141 e. The highest BCUT2D eigenvalue weighted by atomic mass is 79.9. The van der Waals surface area contributed by atoms with Gasteiger partial charge in [0.25, 0.3) is 0 Å². The van der Waals surface area contributed by atoms with Gasteiger partial charge >= 0.3 is 0 Å². The summed E-state index contributed by atoms with van der Waals surface area (Å²) >= 11 is 9.02. The van der Waals surface area contributed by atoms with Gasteiger partial charge in [-0.05, 0) is 34.8 Å². The van der Waals surface area contributed by atoms with Crippen molar-refractivity contribution < 1.29 is 13.9 Å². The van der Waals surface area contributed by atoms with E-state index in [9.17, 15) is 4.39 Å². The minimum Gasteiger partial charge on any atom is -0.489 e. The Bertz CT molecular complexity index is 433. The topological polar surface area (TPSA) is 44.5 Å². The third-order valence-corrected chi connectivity index (χ3v) is 3.76. The number of halogens is 3. The first-order chi connectivity index (χ1) is 8.60. The van der Waals surface area contributed by atoms with E-state index in [2.05, 4.69) is 15.9 Å². The maximum atomic E-state index is 13.3. The Balaban J connectivity index is 1.93. The van der Waals surface area contributed by atoms with Crippen LogP contribution in [0.4, 0.5) is 4.39 Å². The second-order valence-electron chi connectivity index (χ2n) is 4.20. The van der Waals surface area contributed by atoms with Crippen LogP contribution < -0.4 is 10.5 Å². The van der Waals surface area contributed by atoms with Gasteiger partial charge in [0.1, 0.15) is 18.2 Å². The molecular weight excluding hydrogens is 324 g/mol. The van der Waals surface area contributed by atoms with Gasteiger partial charge in [-0.25, -0.2) is 4.39 Å². The molecule has 1 aromatic carbocycles. The molecule has 0 aromatic heterocycles. The number of rotatable bonds is 4. The van der Waals surface area contributed by atoms with Gasteiger partial charge < -0.3 is 15.2 Å². The Morgan fingerprint density at radius 3 is 2.83 bits per heavy atom. The molecule has 0 amide bonds. The van der Waals surface area contributed by atoms with E-state index in [0.29, 0.717) is 28.4 Å². The Labute approximate surface area is 119 Å². The summed E-state index contributed by atoms with van der Waals surface area (Å²) in [4.78, 5) is 0. The highest BCUT2D eigenvalue weighted by molar-refractivity contribution is 9.10. The van der Waals surface area contributed by atoms with Crippen molar-refractivity contribution in [2.24, 2.45) is 5.73 Å². The molecule has 2 rings (SSSR count). The third-order valence-electron chi connectivity index (χ3n) is 2.86. The first-order valence-electron chi connectivity index (χ1n) is 5.73. The predicted octanol–water partition coefficient (Wildman–Crippen LogP) is 3.13. The minimum absolute atomic E-state index is 0.00123. The van der Waals surface area contributed by atoms with E-state index < -0.39 is 5.82 Å². The van der Waals surface area contributed by atoms with Gasteiger partial charge in [-0.3, -0.25) is 0 Å². The van der Waals surface area contributed by atoms with E-state index in [1.807, 2.05) is 0 Å². The summed E-state index contributed by atoms with van der Waals surface area (Å²) in [5.41, 5.74) is 5.52. The van der Waals surface area contributed by atoms with Gasteiger partial charge in [0.2, 0.25) is 0 Å². The predicted molar refractivity (Wildman–Crippen MR) is 71.6 cm³/mol. The first kappa shape index (κ1) is 14.1. The summed E-state index contributed by atoms with van der Waals surface area (Å²) < 4.78 is 24.8. The average Bonchev–Trinajstić information content (AvgIpc) is 2.80. The first-order valence-corrected chi connectivity index (χ1v) is 6.90. The second kappa shape index (κ2) is 6.19. The van der Waals surface area contributed by atoms with E-state index in [1.165, 1.54) is 12.1 Å². The molecule has 2 atom stereocenters. The summed E-state index contributed by atoms with van der Waals surface area (Å²) in [7, 11) is 0. The summed E-state index contributed by atoms with van der Waals surface area (Å²) in [6.07, 6.45) is 1.95. The lowest BCUT2D eigenvalue weighted by atomic mass is 10.2. The van der Waals surface area contributed by atoms with Gasteiger partial charge in [-0.2, -0.15) is 0 Å². The van der Waals surface area contributed by atoms with Crippen LogP contribution in [0.5, 0.6) is 5.75 Å². The molecular formula is C12H14BrClFNO2. The van der Waals surface area contributed by atoms with E-state index in [4.69, 9.17) is 26.8 Å². The lowest BCUT2D eigenvalue weighted by Crippen LogP contribution is -2.23. The van der Waals surface area contributed by atoms with Gasteiger partial charge in [0.15, 0.2) is 0 Å². The lowest BCUT2D eigenvalue weighted by molar-refractivity contribution is 0.0221. The van der Waals surface area contributed by atoms with Crippen molar-refractivity contribution in [3.05, 3.63) is 27.4 Å². The molecule has 2 N–H and O–H groups in total. The van der Waals surface area contributed by atoms with Crippen LogP contribution in [0.3, 0.4) is 0 Å². The molecule has 0 spiro atoms. The molecule has 2 unspecified atom stereocenters. The van der Waals surface area contributed by atoms with Crippen LogP contribution in [0.25, 0.3) is 0 Å². The molecule has 1 aliphatic rings. The molecule has 1 fully saturated rings. The standard InChI is InChI=1S/C12H14BrClFNO2/c13-9-3-10(14)12(4-11(9)15)17-6-8-2-1-7(5-16)18-8/h3-4,7-8H,1-2,5-6,16H2. The summed E-state index contributed by atoms with van der Waals surface area (Å²) in [5.74, 6) is -0.0706. The Hall–Kier alpha value is -0.360. The summed E-state index contributed by atoms with van der Waals surface area (Å²) in [6.45, 7) is 0.876. The van der Waals surface area contributed by atoms with Crippen molar-refractivity contribution in [1.82, 2.24) is 0 Å². The van der Waals surface area contributed by atoms with Crippen molar-refractivity contribution in [1.29, 1.82) is 0 Å². The Kier molecular flexibility index (Phi) is 4.84. The number of nitrogens with two attached hydrogens (primary N) is 1. The largest absolute Gasteiger partial charge is 0.489 e. The summed E-state index contributed by atoms with van der Waals surface area (Å²) in [6, 6.07) is 2.74. The van der Waals surface area contributed by atoms with Crippen LogP contribution in [0.15, 0.2) is 16.6 Å². The number of hydrogen-bond donors (Lipinski definition) is 1. The molecule has 1 heterocycles. The molecule has 0 saturated carbocycles. The van der Waals surface area contributed by atoms with Gasteiger partial charge in [0, 0.05) is 12.6 Å². The van der Waals surface area contributed by atoms with E-state index in [1.54, 1.807) is 0 Å². The highest BCUT2D eigenvalue weighted by Gasteiger charge is 2.24. The molecule has 3 nitrogen and oxygen atoms in total. The fourth-order valence-corrected chi connectivity index (χ4v) is 2.57. The van der Waals surface area contributed by atoms with Crippen molar-refractivity contribution in [3.63, 3.8) is 0 Å². The van der Waals surface area contributed by atoms with Crippen molar-refractivity contribution >= 4 is 27.5 Å². The minimum atomic E-state index is -0.401. The molecule has 6 heteroatoms. The molecule has 100 valence electrons. The Morgan fingerprint density at radius 2 is 2.17 bits per heavy atom. The van der Waals surface area contributed by atoms with Gasteiger partial charge in [-0.1, -0.05) is 11.6 Å². The lowest BCUT2D eigenvalue weighted by Gasteiger charge is -2.14. The van der Waals surface area contributed by atoms with Crippen molar-refractivity contribution in [2.45, 2.75) is 25.0 Å². The zero-order chi connectivity index (χ0) is 13.1. The van der Waals surface area contributed by atoms with E-state index in [0.717, 1.165) is 12.8 Å². The molecule has 0 aliphatic carbocycles. The summed E-state index contributed by atoms with van der Waals surface area (Å²) in [5, 5.41) is 0.372. The Morgan fingerprint density at radius 1 is 1.44 bits per heavy atom. The maximum Gasteiger partial charge on any atom is 0.141 e. The fraction of sp³-hybridized carbons (Fsp3) is 0.500. The van der Waals surface area contributed by atoms with Crippen LogP contribution in [0.1, 0.15) is 12.8 Å². The highest BCUT2D eigenvalue weighted by Crippen LogP contribution is 2.31. The SMILES string of the molecule is NCC1CCC(COc2cc(F)c(Br)cc2Cl)O1. The molecule has 18 heavy (non-hydrogen) atoms. The molecule has 1 aliphatic heterocycles. The molecule has 0 bridgehead atoms. The number of ether oxygens (including phenoxy) is 2. The normalized spacial score (nSPS) is 23.3.